The van der Waals surface area contributed by atoms with Gasteiger partial charge in [0.25, 0.3) is 0 Å². The highest BCUT2D eigenvalue weighted by atomic mass is 32.2. The Bertz CT molecular complexity index is 753. The number of ether oxygens (including phenoxy) is 2. The first-order valence-corrected chi connectivity index (χ1v) is 11.7. The van der Waals surface area contributed by atoms with Crippen molar-refractivity contribution in [3.8, 4) is 0 Å². The lowest BCUT2D eigenvalue weighted by atomic mass is 9.93. The van der Waals surface area contributed by atoms with E-state index in [-0.39, 0.29) is 12.5 Å². The van der Waals surface area contributed by atoms with Crippen LogP contribution in [0.5, 0.6) is 0 Å². The molecule has 0 unspecified atom stereocenters. The van der Waals surface area contributed by atoms with Gasteiger partial charge >= 0.3 is 12.2 Å². The number of nitrogens with zero attached hydrogens (tertiary/aromatic N) is 1. The van der Waals surface area contributed by atoms with Crippen LogP contribution in [0.25, 0.3) is 0 Å². The number of benzene rings is 1. The minimum absolute atomic E-state index is 0.00322. The number of imide groups is 1. The summed E-state index contributed by atoms with van der Waals surface area (Å²) in [6.45, 7) is 12.6. The van der Waals surface area contributed by atoms with Crippen molar-refractivity contribution in [1.29, 1.82) is 0 Å². The van der Waals surface area contributed by atoms with Crippen molar-refractivity contribution in [3.05, 3.63) is 29.3 Å². The van der Waals surface area contributed by atoms with E-state index in [2.05, 4.69) is 0 Å². The molecule has 1 aromatic rings. The van der Waals surface area contributed by atoms with Crippen molar-refractivity contribution < 1.29 is 23.3 Å². The SMILES string of the molecule is C[C@H](CCN(C(=O)OC(C)(C)C)C(=O)OC(C)(C)C)c1ccc(N)cc1C[S@](C)=O. The molecule has 0 fully saturated rings. The quantitative estimate of drug-likeness (QED) is 0.637. The van der Waals surface area contributed by atoms with Crippen molar-refractivity contribution in [2.45, 2.75) is 77.8 Å². The number of carbonyl (C=O) groups excluding carboxylic acids is 2. The van der Waals surface area contributed by atoms with E-state index in [1.165, 1.54) is 0 Å². The maximum Gasteiger partial charge on any atom is 0.419 e. The monoisotopic (exact) mass is 440 g/mol. The number of carbonyl (C=O) groups is 2. The zero-order valence-electron chi connectivity index (χ0n) is 19.4. The average Bonchev–Trinajstić information content (AvgIpc) is 2.50. The third kappa shape index (κ3) is 9.15. The maximum atomic E-state index is 12.6. The van der Waals surface area contributed by atoms with Crippen LogP contribution in [0.4, 0.5) is 15.3 Å². The summed E-state index contributed by atoms with van der Waals surface area (Å²) in [4.78, 5) is 26.3. The fourth-order valence-corrected chi connectivity index (χ4v) is 3.51. The molecule has 2 atom stereocenters. The standard InChI is InChI=1S/C22H36N2O5S/c1-15(18-10-9-17(23)13-16(18)14-30(8)27)11-12-24(19(25)28-21(2,3)4)20(26)29-22(5,6)7/h9-10,13,15H,11-12,14,23H2,1-8H3/t15-,30+/m1/s1. The summed E-state index contributed by atoms with van der Waals surface area (Å²) in [5.74, 6) is 0.392. The maximum absolute atomic E-state index is 12.6. The Morgan fingerprint density at radius 2 is 1.57 bits per heavy atom. The lowest BCUT2D eigenvalue weighted by molar-refractivity contribution is 0.00106. The van der Waals surface area contributed by atoms with Gasteiger partial charge in [-0.15, -0.1) is 0 Å². The zero-order chi connectivity index (χ0) is 23.3. The lowest BCUT2D eigenvalue weighted by Gasteiger charge is -2.29. The van der Waals surface area contributed by atoms with E-state index < -0.39 is 34.2 Å². The van der Waals surface area contributed by atoms with E-state index in [4.69, 9.17) is 15.2 Å². The summed E-state index contributed by atoms with van der Waals surface area (Å²) >= 11 is 0. The fraction of sp³-hybridized carbons (Fsp3) is 0.636. The molecule has 8 heteroatoms. The van der Waals surface area contributed by atoms with Gasteiger partial charge < -0.3 is 15.2 Å². The number of hydrogen-bond donors (Lipinski definition) is 1. The summed E-state index contributed by atoms with van der Waals surface area (Å²) in [7, 11) is -1.02. The Labute approximate surface area is 182 Å². The van der Waals surface area contributed by atoms with Gasteiger partial charge in [-0.05, 0) is 77.1 Å². The molecule has 30 heavy (non-hydrogen) atoms. The van der Waals surface area contributed by atoms with Crippen LogP contribution in [0.15, 0.2) is 18.2 Å². The van der Waals surface area contributed by atoms with Gasteiger partial charge in [-0.3, -0.25) is 4.21 Å². The molecule has 1 rings (SSSR count). The summed E-state index contributed by atoms with van der Waals surface area (Å²) in [5, 5.41) is 0. The molecule has 7 nitrogen and oxygen atoms in total. The Morgan fingerprint density at radius 1 is 1.07 bits per heavy atom. The highest BCUT2D eigenvalue weighted by molar-refractivity contribution is 7.83. The molecule has 1 aromatic carbocycles. The zero-order valence-corrected chi connectivity index (χ0v) is 20.2. The minimum Gasteiger partial charge on any atom is -0.443 e. The van der Waals surface area contributed by atoms with Crippen LogP contribution in [0.2, 0.25) is 0 Å². The minimum atomic E-state index is -1.02. The molecule has 170 valence electrons. The molecule has 0 saturated heterocycles. The van der Waals surface area contributed by atoms with Crippen molar-refractivity contribution in [3.63, 3.8) is 0 Å². The molecular formula is C22H36N2O5S. The first-order chi connectivity index (χ1) is 13.6. The van der Waals surface area contributed by atoms with E-state index in [1.54, 1.807) is 53.9 Å². The van der Waals surface area contributed by atoms with Gasteiger partial charge in [-0.25, -0.2) is 14.5 Å². The van der Waals surface area contributed by atoms with Crippen LogP contribution in [0, 0.1) is 0 Å². The first kappa shape index (κ1) is 25.9. The summed E-state index contributed by atoms with van der Waals surface area (Å²) in [6, 6.07) is 5.54. The molecule has 0 aromatic heterocycles. The molecule has 0 bridgehead atoms. The van der Waals surface area contributed by atoms with Crippen LogP contribution >= 0.6 is 0 Å². The van der Waals surface area contributed by atoms with E-state index >= 15 is 0 Å². The number of hydrogen-bond acceptors (Lipinski definition) is 6. The van der Waals surface area contributed by atoms with Crippen LogP contribution in [-0.4, -0.2) is 45.3 Å². The van der Waals surface area contributed by atoms with Gasteiger partial charge in [0.05, 0.1) is 0 Å². The molecule has 0 aliphatic rings. The first-order valence-electron chi connectivity index (χ1n) is 10.0. The Kier molecular flexibility index (Phi) is 8.90. The summed E-state index contributed by atoms with van der Waals surface area (Å²) < 4.78 is 22.5. The van der Waals surface area contributed by atoms with Gasteiger partial charge in [0.2, 0.25) is 0 Å². The number of nitrogens with two attached hydrogens (primary N) is 1. The van der Waals surface area contributed by atoms with Gasteiger partial charge in [0.15, 0.2) is 0 Å². The van der Waals surface area contributed by atoms with Crippen molar-refractivity contribution >= 4 is 28.7 Å². The van der Waals surface area contributed by atoms with Gasteiger partial charge in [0, 0.05) is 35.0 Å². The highest BCUT2D eigenvalue weighted by Gasteiger charge is 2.31. The molecule has 0 heterocycles. The molecular weight excluding hydrogens is 404 g/mol. The highest BCUT2D eigenvalue weighted by Crippen LogP contribution is 2.27. The number of rotatable bonds is 6. The summed E-state index contributed by atoms with van der Waals surface area (Å²) in [5.41, 5.74) is 6.92. The van der Waals surface area contributed by atoms with Gasteiger partial charge in [-0.2, -0.15) is 0 Å². The molecule has 0 radical (unpaired) electrons. The molecule has 0 spiro atoms. The van der Waals surface area contributed by atoms with E-state index in [0.717, 1.165) is 16.0 Å². The van der Waals surface area contributed by atoms with Gasteiger partial charge in [0.1, 0.15) is 11.2 Å². The van der Waals surface area contributed by atoms with E-state index in [0.29, 0.717) is 17.9 Å². The van der Waals surface area contributed by atoms with Crippen molar-refractivity contribution in [1.82, 2.24) is 4.90 Å². The number of anilines is 1. The van der Waals surface area contributed by atoms with Crippen molar-refractivity contribution in [2.75, 3.05) is 18.5 Å². The number of amides is 2. The third-order valence-electron chi connectivity index (χ3n) is 4.07. The lowest BCUT2D eigenvalue weighted by Crippen LogP contribution is -2.44. The molecule has 0 aliphatic carbocycles. The molecule has 2 amide bonds. The van der Waals surface area contributed by atoms with Crippen LogP contribution < -0.4 is 5.73 Å². The average molecular weight is 441 g/mol. The van der Waals surface area contributed by atoms with Crippen LogP contribution in [-0.2, 0) is 26.0 Å². The largest absolute Gasteiger partial charge is 0.443 e. The van der Waals surface area contributed by atoms with Crippen LogP contribution in [0.3, 0.4) is 0 Å². The second-order valence-electron chi connectivity index (χ2n) is 9.48. The third-order valence-corrected chi connectivity index (χ3v) is 4.79. The predicted molar refractivity (Wildman–Crippen MR) is 121 cm³/mol. The van der Waals surface area contributed by atoms with Crippen LogP contribution in [0.1, 0.15) is 71.9 Å². The topological polar surface area (TPSA) is 98.9 Å². The molecule has 0 saturated carbocycles. The predicted octanol–water partition coefficient (Wildman–Crippen LogP) is 4.81. The Hall–Kier alpha value is -2.09. The molecule has 2 N–H and O–H groups in total. The Balaban J connectivity index is 3.04. The van der Waals surface area contributed by atoms with E-state index in [1.807, 2.05) is 19.1 Å². The Morgan fingerprint density at radius 3 is 2.00 bits per heavy atom. The van der Waals surface area contributed by atoms with E-state index in [9.17, 15) is 13.8 Å². The molecule has 0 aliphatic heterocycles. The summed E-state index contributed by atoms with van der Waals surface area (Å²) in [6.07, 6.45) is 0.656. The van der Waals surface area contributed by atoms with Crippen molar-refractivity contribution in [2.24, 2.45) is 0 Å². The smallest absolute Gasteiger partial charge is 0.419 e. The number of nitrogen functional groups attached to an aromatic ring is 1. The second-order valence-corrected chi connectivity index (χ2v) is 10.9. The van der Waals surface area contributed by atoms with Gasteiger partial charge in [-0.1, -0.05) is 13.0 Å². The second kappa shape index (κ2) is 10.3. The normalized spacial score (nSPS) is 14.0. The fourth-order valence-electron chi connectivity index (χ4n) is 2.82.